The van der Waals surface area contributed by atoms with E-state index in [1.807, 2.05) is 0 Å². The molecule has 2 rings (SSSR count). The third-order valence-electron chi connectivity index (χ3n) is 2.11. The molecule has 15 heavy (non-hydrogen) atoms. The normalized spacial score (nSPS) is 16.3. The van der Waals surface area contributed by atoms with Crippen LogP contribution in [0.5, 0.6) is 0 Å². The molecule has 0 spiro atoms. The molecule has 0 amide bonds. The van der Waals surface area contributed by atoms with Gasteiger partial charge in [-0.2, -0.15) is 0 Å². The number of carbonyl (C=O) groups excluding carboxylic acids is 2. The summed E-state index contributed by atoms with van der Waals surface area (Å²) in [5.41, 5.74) is 0.458. The number of allylic oxidation sites excluding steroid dienone is 2. The number of fused-ring (bicyclic) bond motifs is 1. The summed E-state index contributed by atoms with van der Waals surface area (Å²) < 4.78 is 19.6. The monoisotopic (exact) mass is 222 g/mol. The second-order valence-electron chi connectivity index (χ2n) is 3.02. The van der Waals surface area contributed by atoms with E-state index in [-0.39, 0.29) is 27.6 Å². The Morgan fingerprint density at radius 2 is 1.60 bits per heavy atom. The van der Waals surface area contributed by atoms with Crippen molar-refractivity contribution in [3.63, 3.8) is 0 Å². The molecule has 0 heterocycles. The van der Waals surface area contributed by atoms with Crippen LogP contribution < -0.4 is 0 Å². The number of benzene rings is 1. The Kier molecular flexibility index (Phi) is 2.34. The van der Waals surface area contributed by atoms with Crippen LogP contribution in [-0.2, 0) is 11.1 Å². The lowest BCUT2D eigenvalue weighted by atomic mass is 9.95. The highest BCUT2D eigenvalue weighted by molar-refractivity contribution is 7.79. The van der Waals surface area contributed by atoms with Crippen LogP contribution >= 0.6 is 0 Å². The molecule has 1 aliphatic carbocycles. The van der Waals surface area contributed by atoms with E-state index in [9.17, 15) is 13.8 Å². The van der Waals surface area contributed by atoms with Crippen molar-refractivity contribution in [2.24, 2.45) is 0 Å². The van der Waals surface area contributed by atoms with Gasteiger partial charge >= 0.3 is 0 Å². The van der Waals surface area contributed by atoms with Crippen molar-refractivity contribution < 1.29 is 18.4 Å². The maximum absolute atomic E-state index is 11.4. The SMILES string of the molecule is O=C1C=CC(=O)c2cc(S(=O)O)ccc21. The molecule has 5 heteroatoms. The minimum atomic E-state index is -2.14. The van der Waals surface area contributed by atoms with Crippen molar-refractivity contribution >= 4 is 22.6 Å². The fraction of sp³-hybridized carbons (Fsp3) is 0. The molecule has 0 fully saturated rings. The van der Waals surface area contributed by atoms with Gasteiger partial charge in [-0.1, -0.05) is 0 Å². The molecule has 0 saturated carbocycles. The van der Waals surface area contributed by atoms with Crippen LogP contribution in [0.4, 0.5) is 0 Å². The van der Waals surface area contributed by atoms with E-state index in [2.05, 4.69) is 0 Å². The van der Waals surface area contributed by atoms with E-state index < -0.39 is 11.1 Å². The number of carbonyl (C=O) groups is 2. The van der Waals surface area contributed by atoms with E-state index in [0.29, 0.717) is 0 Å². The largest absolute Gasteiger partial charge is 0.302 e. The molecule has 1 unspecified atom stereocenters. The fourth-order valence-corrected chi connectivity index (χ4v) is 1.78. The molecule has 1 atom stereocenters. The number of ketones is 2. The van der Waals surface area contributed by atoms with E-state index in [4.69, 9.17) is 4.55 Å². The van der Waals surface area contributed by atoms with Gasteiger partial charge < -0.3 is 4.55 Å². The lowest BCUT2D eigenvalue weighted by Crippen LogP contribution is -2.12. The van der Waals surface area contributed by atoms with Gasteiger partial charge in [-0.15, -0.1) is 0 Å². The first-order chi connectivity index (χ1) is 7.09. The van der Waals surface area contributed by atoms with Crippen LogP contribution in [0.15, 0.2) is 35.2 Å². The lowest BCUT2D eigenvalue weighted by molar-refractivity contribution is 0.0994. The Bertz CT molecular complexity index is 516. The first-order valence-corrected chi connectivity index (χ1v) is 5.22. The maximum Gasteiger partial charge on any atom is 0.186 e. The highest BCUT2D eigenvalue weighted by Crippen LogP contribution is 2.19. The fourth-order valence-electron chi connectivity index (χ4n) is 1.38. The molecule has 1 N–H and O–H groups in total. The highest BCUT2D eigenvalue weighted by atomic mass is 32.2. The molecule has 4 nitrogen and oxygen atoms in total. The molecule has 0 aromatic heterocycles. The van der Waals surface area contributed by atoms with Gasteiger partial charge in [0.05, 0.1) is 4.90 Å². The summed E-state index contributed by atoms with van der Waals surface area (Å²) in [6, 6.07) is 4.02. The molecule has 1 aromatic carbocycles. The average Bonchev–Trinajstić information content (AvgIpc) is 2.23. The number of hydrogen-bond donors (Lipinski definition) is 1. The Morgan fingerprint density at radius 3 is 2.20 bits per heavy atom. The van der Waals surface area contributed by atoms with Crippen molar-refractivity contribution in [1.82, 2.24) is 0 Å². The van der Waals surface area contributed by atoms with E-state index >= 15 is 0 Å². The highest BCUT2D eigenvalue weighted by Gasteiger charge is 2.19. The van der Waals surface area contributed by atoms with Crippen LogP contribution in [-0.4, -0.2) is 20.3 Å². The minimum Gasteiger partial charge on any atom is -0.302 e. The Balaban J connectivity index is 2.63. The summed E-state index contributed by atoms with van der Waals surface area (Å²) in [6.45, 7) is 0. The Hall–Kier alpha value is -1.59. The summed E-state index contributed by atoms with van der Waals surface area (Å²) >= 11 is -2.14. The van der Waals surface area contributed by atoms with Gasteiger partial charge in [0.25, 0.3) is 0 Å². The third-order valence-corrected chi connectivity index (χ3v) is 2.77. The van der Waals surface area contributed by atoms with Crippen LogP contribution in [0.3, 0.4) is 0 Å². The van der Waals surface area contributed by atoms with Gasteiger partial charge in [0, 0.05) is 11.1 Å². The zero-order chi connectivity index (χ0) is 11.0. The number of hydrogen-bond acceptors (Lipinski definition) is 3. The van der Waals surface area contributed by atoms with Gasteiger partial charge in [0.1, 0.15) is 0 Å². The second-order valence-corrected chi connectivity index (χ2v) is 3.99. The average molecular weight is 222 g/mol. The molecule has 76 valence electrons. The summed E-state index contributed by atoms with van der Waals surface area (Å²) in [4.78, 5) is 22.8. The first-order valence-electron chi connectivity index (χ1n) is 4.11. The van der Waals surface area contributed by atoms with E-state index in [0.717, 1.165) is 6.08 Å². The molecule has 1 aliphatic rings. The summed E-state index contributed by atoms with van der Waals surface area (Å²) in [5.74, 6) is -0.586. The quantitative estimate of drug-likeness (QED) is 0.725. The molecule has 0 radical (unpaired) electrons. The standard InChI is InChI=1S/C10H6O4S/c11-9-3-4-10(12)8-5-6(15(13)14)1-2-7(8)9/h1-5H,(H,13,14). The topological polar surface area (TPSA) is 71.4 Å². The molecule has 0 aliphatic heterocycles. The lowest BCUT2D eigenvalue weighted by Gasteiger charge is -2.08. The van der Waals surface area contributed by atoms with Crippen LogP contribution in [0.2, 0.25) is 0 Å². The zero-order valence-electron chi connectivity index (χ0n) is 7.47. The van der Waals surface area contributed by atoms with Gasteiger partial charge in [-0.25, -0.2) is 4.21 Å². The van der Waals surface area contributed by atoms with Crippen LogP contribution in [0.1, 0.15) is 20.7 Å². The van der Waals surface area contributed by atoms with E-state index in [1.165, 1.54) is 24.3 Å². The van der Waals surface area contributed by atoms with Crippen LogP contribution in [0, 0.1) is 0 Å². The van der Waals surface area contributed by atoms with Crippen molar-refractivity contribution in [2.45, 2.75) is 4.90 Å². The molecule has 0 bridgehead atoms. The van der Waals surface area contributed by atoms with Gasteiger partial charge in [0.2, 0.25) is 0 Å². The van der Waals surface area contributed by atoms with Gasteiger partial charge in [0.15, 0.2) is 22.6 Å². The summed E-state index contributed by atoms with van der Waals surface area (Å²) in [5, 5.41) is 0. The summed E-state index contributed by atoms with van der Waals surface area (Å²) in [7, 11) is 0. The first kappa shape index (κ1) is 9.95. The Morgan fingerprint density at radius 1 is 1.00 bits per heavy atom. The number of rotatable bonds is 1. The van der Waals surface area contributed by atoms with Crippen LogP contribution in [0.25, 0.3) is 0 Å². The van der Waals surface area contributed by atoms with Crippen molar-refractivity contribution in [3.8, 4) is 0 Å². The van der Waals surface area contributed by atoms with E-state index in [1.54, 1.807) is 0 Å². The minimum absolute atomic E-state index is 0.116. The third kappa shape index (κ3) is 1.67. The zero-order valence-corrected chi connectivity index (χ0v) is 8.28. The predicted octanol–water partition coefficient (Wildman–Crippen LogP) is 1.20. The second kappa shape index (κ2) is 3.52. The van der Waals surface area contributed by atoms with Crippen molar-refractivity contribution in [1.29, 1.82) is 0 Å². The molecule has 0 saturated heterocycles. The molecular weight excluding hydrogens is 216 g/mol. The van der Waals surface area contributed by atoms with Crippen molar-refractivity contribution in [2.75, 3.05) is 0 Å². The van der Waals surface area contributed by atoms with Gasteiger partial charge in [-0.3, -0.25) is 9.59 Å². The maximum atomic E-state index is 11.4. The summed E-state index contributed by atoms with van der Waals surface area (Å²) in [6.07, 6.45) is 2.36. The van der Waals surface area contributed by atoms with Crippen molar-refractivity contribution in [3.05, 3.63) is 41.5 Å². The smallest absolute Gasteiger partial charge is 0.186 e. The molecular formula is C10H6O4S. The molecule has 1 aromatic rings. The van der Waals surface area contributed by atoms with Gasteiger partial charge in [-0.05, 0) is 30.4 Å². The Labute approximate surface area is 87.9 Å². The predicted molar refractivity (Wildman–Crippen MR) is 53.3 cm³/mol.